The van der Waals surface area contributed by atoms with E-state index in [0.717, 1.165) is 27.2 Å². The Morgan fingerprint density at radius 3 is 2.68 bits per heavy atom. The number of rotatable bonds is 4. The second-order valence-electron chi connectivity index (χ2n) is 5.31. The zero-order valence-electron chi connectivity index (χ0n) is 13.1. The Hall–Kier alpha value is -1.95. The first kappa shape index (κ1) is 17.9. The standard InChI is InChI=1S/C18H13Cl2FN2OS/c1-10-16(25-18(23-10)13-4-2-3-5-14(13)19)9-22-17(24)12-7-6-11(21)8-15(12)20/h2-8H,9H2,1H3,(H,22,24). The first-order chi connectivity index (χ1) is 12.0. The zero-order valence-corrected chi connectivity index (χ0v) is 15.5. The molecule has 0 unspecified atom stereocenters. The lowest BCUT2D eigenvalue weighted by molar-refractivity contribution is 0.0951. The number of halogens is 3. The molecule has 1 N–H and O–H groups in total. The van der Waals surface area contributed by atoms with Crippen molar-refractivity contribution >= 4 is 40.4 Å². The van der Waals surface area contributed by atoms with Gasteiger partial charge in [-0.2, -0.15) is 0 Å². The number of carbonyl (C=O) groups is 1. The Kier molecular flexibility index (Phi) is 5.37. The third-order valence-electron chi connectivity index (χ3n) is 3.58. The number of benzene rings is 2. The molecule has 25 heavy (non-hydrogen) atoms. The maximum atomic E-state index is 13.1. The summed E-state index contributed by atoms with van der Waals surface area (Å²) < 4.78 is 13.1. The SMILES string of the molecule is Cc1nc(-c2ccccc2Cl)sc1CNC(=O)c1ccc(F)cc1Cl. The molecule has 3 rings (SSSR count). The molecule has 0 spiro atoms. The fraction of sp³-hybridized carbons (Fsp3) is 0.111. The van der Waals surface area contributed by atoms with Gasteiger partial charge in [0.25, 0.3) is 5.91 Å². The van der Waals surface area contributed by atoms with Crippen LogP contribution >= 0.6 is 34.5 Å². The van der Waals surface area contributed by atoms with Gasteiger partial charge in [0.2, 0.25) is 0 Å². The first-order valence-electron chi connectivity index (χ1n) is 7.40. The fourth-order valence-electron chi connectivity index (χ4n) is 2.27. The second kappa shape index (κ2) is 7.52. The van der Waals surface area contributed by atoms with Gasteiger partial charge in [-0.3, -0.25) is 4.79 Å². The summed E-state index contributed by atoms with van der Waals surface area (Å²) in [5.41, 5.74) is 1.92. The van der Waals surface area contributed by atoms with Gasteiger partial charge >= 0.3 is 0 Å². The lowest BCUT2D eigenvalue weighted by atomic mass is 10.2. The van der Waals surface area contributed by atoms with Gasteiger partial charge < -0.3 is 5.32 Å². The molecule has 1 heterocycles. The van der Waals surface area contributed by atoms with Gasteiger partial charge in [0, 0.05) is 10.4 Å². The summed E-state index contributed by atoms with van der Waals surface area (Å²) in [5.74, 6) is -0.846. The highest BCUT2D eigenvalue weighted by Gasteiger charge is 2.15. The third-order valence-corrected chi connectivity index (χ3v) is 5.42. The van der Waals surface area contributed by atoms with Crippen LogP contribution in [0.2, 0.25) is 10.0 Å². The summed E-state index contributed by atoms with van der Waals surface area (Å²) in [7, 11) is 0. The lowest BCUT2D eigenvalue weighted by Gasteiger charge is -2.06. The second-order valence-corrected chi connectivity index (χ2v) is 7.21. The van der Waals surface area contributed by atoms with Crippen LogP contribution in [0.5, 0.6) is 0 Å². The molecule has 0 radical (unpaired) electrons. The number of thiazole rings is 1. The summed E-state index contributed by atoms with van der Waals surface area (Å²) in [5, 5.41) is 4.29. The smallest absolute Gasteiger partial charge is 0.253 e. The molecule has 0 bridgehead atoms. The Morgan fingerprint density at radius 2 is 1.96 bits per heavy atom. The van der Waals surface area contributed by atoms with Gasteiger partial charge in [0.05, 0.1) is 27.8 Å². The highest BCUT2D eigenvalue weighted by Crippen LogP contribution is 2.32. The number of hydrogen-bond donors (Lipinski definition) is 1. The van der Waals surface area contributed by atoms with E-state index in [1.165, 1.54) is 23.5 Å². The number of nitrogens with one attached hydrogen (secondary N) is 1. The zero-order chi connectivity index (χ0) is 18.0. The summed E-state index contributed by atoms with van der Waals surface area (Å²) in [6.07, 6.45) is 0. The van der Waals surface area contributed by atoms with E-state index < -0.39 is 5.82 Å². The minimum atomic E-state index is -0.482. The van der Waals surface area contributed by atoms with E-state index >= 15 is 0 Å². The molecule has 3 aromatic rings. The van der Waals surface area contributed by atoms with Crippen molar-refractivity contribution < 1.29 is 9.18 Å². The van der Waals surface area contributed by atoms with Gasteiger partial charge in [-0.1, -0.05) is 41.4 Å². The Labute approximate surface area is 158 Å². The van der Waals surface area contributed by atoms with Crippen molar-refractivity contribution in [1.29, 1.82) is 0 Å². The summed E-state index contributed by atoms with van der Waals surface area (Å²) in [6, 6.07) is 11.2. The molecule has 1 aromatic heterocycles. The Morgan fingerprint density at radius 1 is 1.20 bits per heavy atom. The number of hydrogen-bond acceptors (Lipinski definition) is 3. The van der Waals surface area contributed by atoms with Crippen molar-refractivity contribution in [3.8, 4) is 10.6 Å². The van der Waals surface area contributed by atoms with Crippen LogP contribution in [0, 0.1) is 12.7 Å². The van der Waals surface area contributed by atoms with Crippen LogP contribution < -0.4 is 5.32 Å². The first-order valence-corrected chi connectivity index (χ1v) is 8.97. The van der Waals surface area contributed by atoms with Crippen LogP contribution in [0.25, 0.3) is 10.6 Å². The van der Waals surface area contributed by atoms with Crippen LogP contribution in [0.15, 0.2) is 42.5 Å². The number of amides is 1. The predicted molar refractivity (Wildman–Crippen MR) is 99.9 cm³/mol. The van der Waals surface area contributed by atoms with Crippen molar-refractivity contribution in [3.05, 3.63) is 74.5 Å². The van der Waals surface area contributed by atoms with Crippen LogP contribution in [-0.2, 0) is 6.54 Å². The van der Waals surface area contributed by atoms with Crippen LogP contribution in [0.4, 0.5) is 4.39 Å². The summed E-state index contributed by atoms with van der Waals surface area (Å²) in [4.78, 5) is 17.7. The monoisotopic (exact) mass is 394 g/mol. The number of carbonyl (C=O) groups excluding carboxylic acids is 1. The highest BCUT2D eigenvalue weighted by molar-refractivity contribution is 7.15. The molecular formula is C18H13Cl2FN2OS. The molecule has 3 nitrogen and oxygen atoms in total. The molecule has 0 atom stereocenters. The molecule has 128 valence electrons. The molecule has 2 aromatic carbocycles. The van der Waals surface area contributed by atoms with E-state index in [-0.39, 0.29) is 16.5 Å². The van der Waals surface area contributed by atoms with E-state index in [0.29, 0.717) is 11.6 Å². The molecule has 0 saturated carbocycles. The molecule has 0 aliphatic carbocycles. The van der Waals surface area contributed by atoms with Gasteiger partial charge in [0.15, 0.2) is 0 Å². The van der Waals surface area contributed by atoms with Gasteiger partial charge in [-0.05, 0) is 31.2 Å². The molecule has 1 amide bonds. The van der Waals surface area contributed by atoms with E-state index in [4.69, 9.17) is 23.2 Å². The number of aromatic nitrogens is 1. The van der Waals surface area contributed by atoms with E-state index in [1.807, 2.05) is 31.2 Å². The van der Waals surface area contributed by atoms with E-state index in [9.17, 15) is 9.18 Å². The molecule has 0 fully saturated rings. The van der Waals surface area contributed by atoms with Crippen molar-refractivity contribution in [3.63, 3.8) is 0 Å². The Bertz CT molecular complexity index is 943. The number of nitrogens with zero attached hydrogens (tertiary/aromatic N) is 1. The van der Waals surface area contributed by atoms with E-state index in [2.05, 4.69) is 10.3 Å². The molecular weight excluding hydrogens is 382 g/mol. The average Bonchev–Trinajstić information content (AvgIpc) is 2.94. The molecule has 0 aliphatic heterocycles. The lowest BCUT2D eigenvalue weighted by Crippen LogP contribution is -2.23. The minimum Gasteiger partial charge on any atom is -0.347 e. The highest BCUT2D eigenvalue weighted by atomic mass is 35.5. The maximum Gasteiger partial charge on any atom is 0.253 e. The molecule has 0 aliphatic rings. The predicted octanol–water partition coefficient (Wildman–Crippen LogP) is 5.49. The van der Waals surface area contributed by atoms with Crippen LogP contribution in [0.1, 0.15) is 20.9 Å². The quantitative estimate of drug-likeness (QED) is 0.634. The normalized spacial score (nSPS) is 10.7. The van der Waals surface area contributed by atoms with Gasteiger partial charge in [0.1, 0.15) is 10.8 Å². The van der Waals surface area contributed by atoms with Crippen molar-refractivity contribution in [1.82, 2.24) is 10.3 Å². The molecule has 0 saturated heterocycles. The largest absolute Gasteiger partial charge is 0.347 e. The average molecular weight is 395 g/mol. The van der Waals surface area contributed by atoms with Crippen LogP contribution in [0.3, 0.4) is 0 Å². The van der Waals surface area contributed by atoms with Crippen molar-refractivity contribution in [2.45, 2.75) is 13.5 Å². The number of aryl methyl sites for hydroxylation is 1. The van der Waals surface area contributed by atoms with Gasteiger partial charge in [-0.25, -0.2) is 9.37 Å². The van der Waals surface area contributed by atoms with Crippen LogP contribution in [-0.4, -0.2) is 10.9 Å². The van der Waals surface area contributed by atoms with Gasteiger partial charge in [-0.15, -0.1) is 11.3 Å². The fourth-order valence-corrected chi connectivity index (χ4v) is 3.85. The van der Waals surface area contributed by atoms with Crippen molar-refractivity contribution in [2.75, 3.05) is 0 Å². The topological polar surface area (TPSA) is 42.0 Å². The summed E-state index contributed by atoms with van der Waals surface area (Å²) >= 11 is 13.6. The minimum absolute atomic E-state index is 0.0790. The Balaban J connectivity index is 1.76. The summed E-state index contributed by atoms with van der Waals surface area (Å²) in [6.45, 7) is 2.18. The van der Waals surface area contributed by atoms with E-state index in [1.54, 1.807) is 0 Å². The molecule has 7 heteroatoms. The van der Waals surface area contributed by atoms with Crippen molar-refractivity contribution in [2.24, 2.45) is 0 Å². The third kappa shape index (κ3) is 4.00. The maximum absolute atomic E-state index is 13.1.